The molecular weight excluding hydrogens is 434 g/mol. The number of esters is 1. The molecule has 4 rings (SSSR count). The van der Waals surface area contributed by atoms with E-state index in [9.17, 15) is 13.2 Å². The van der Waals surface area contributed by atoms with Crippen LogP contribution in [0.2, 0.25) is 5.02 Å². The lowest BCUT2D eigenvalue weighted by atomic mass is 9.84. The van der Waals surface area contributed by atoms with Crippen LogP contribution in [0.1, 0.15) is 43.2 Å². The molecule has 2 aliphatic rings. The predicted molar refractivity (Wildman–Crippen MR) is 122 cm³/mol. The Labute approximate surface area is 187 Å². The molecule has 0 saturated carbocycles. The summed E-state index contributed by atoms with van der Waals surface area (Å²) < 4.78 is 32.1. The lowest BCUT2D eigenvalue weighted by Crippen LogP contribution is -2.32. The minimum absolute atomic E-state index is 0.0639. The molecule has 1 unspecified atom stereocenters. The summed E-state index contributed by atoms with van der Waals surface area (Å²) in [5, 5.41) is 3.86. The summed E-state index contributed by atoms with van der Waals surface area (Å²) in [4.78, 5) is 13.5. The van der Waals surface area contributed by atoms with Crippen molar-refractivity contribution in [3.8, 4) is 0 Å². The lowest BCUT2D eigenvalue weighted by Gasteiger charge is -2.32. The van der Waals surface area contributed by atoms with Crippen LogP contribution in [-0.4, -0.2) is 26.7 Å². The number of allylic oxidation sites excluding steroid dienone is 2. The summed E-state index contributed by atoms with van der Waals surface area (Å²) in [5.41, 5.74) is 3.05. The van der Waals surface area contributed by atoms with Gasteiger partial charge in [-0.05, 0) is 49.4 Å². The van der Waals surface area contributed by atoms with Gasteiger partial charge in [0.1, 0.15) is 0 Å². The standard InChI is InChI=1S/C24H24ClNO4S/c1-2-30-24(27)21-20(16-11-13-18(25)14-12-16)23-19(10-6-7-15-31(23,28)29)26-22(21)17-8-4-3-5-9-17/h3-5,8-9,11-14,20,26H,2,6-7,10,15H2,1H3. The van der Waals surface area contributed by atoms with Crippen molar-refractivity contribution in [3.05, 3.63) is 86.9 Å². The average molecular weight is 458 g/mol. The van der Waals surface area contributed by atoms with Gasteiger partial charge in [0.2, 0.25) is 0 Å². The monoisotopic (exact) mass is 457 g/mol. The molecule has 0 aliphatic carbocycles. The fourth-order valence-electron chi connectivity index (χ4n) is 4.22. The highest BCUT2D eigenvalue weighted by atomic mass is 35.5. The van der Waals surface area contributed by atoms with E-state index in [-0.39, 0.29) is 17.3 Å². The van der Waals surface area contributed by atoms with Gasteiger partial charge >= 0.3 is 5.97 Å². The average Bonchev–Trinajstić information content (AvgIpc) is 2.91. The molecule has 0 radical (unpaired) electrons. The molecule has 7 heteroatoms. The van der Waals surface area contributed by atoms with Crippen molar-refractivity contribution in [2.75, 3.05) is 12.4 Å². The Balaban J connectivity index is 2.02. The number of dihydropyridines is 1. The smallest absolute Gasteiger partial charge is 0.337 e. The summed E-state index contributed by atoms with van der Waals surface area (Å²) in [6.45, 7) is 1.93. The molecule has 0 amide bonds. The molecule has 5 nitrogen and oxygen atoms in total. The molecule has 31 heavy (non-hydrogen) atoms. The second-order valence-electron chi connectivity index (χ2n) is 7.60. The third kappa shape index (κ3) is 4.27. The maximum Gasteiger partial charge on any atom is 0.337 e. The highest BCUT2D eigenvalue weighted by Crippen LogP contribution is 2.45. The number of hydrogen-bond acceptors (Lipinski definition) is 5. The number of hydrogen-bond donors (Lipinski definition) is 1. The second-order valence-corrected chi connectivity index (χ2v) is 10.1. The molecule has 2 aromatic carbocycles. The van der Waals surface area contributed by atoms with E-state index in [2.05, 4.69) is 5.32 Å². The third-order valence-electron chi connectivity index (χ3n) is 5.58. The SMILES string of the molecule is CCOC(=O)C1=C(c2ccccc2)NC2=C(C1c1ccc(Cl)cc1)S(=O)(=O)CCCC2. The van der Waals surface area contributed by atoms with Gasteiger partial charge in [-0.15, -0.1) is 0 Å². The van der Waals surface area contributed by atoms with E-state index in [4.69, 9.17) is 16.3 Å². The van der Waals surface area contributed by atoms with Gasteiger partial charge in [0.25, 0.3) is 0 Å². The van der Waals surface area contributed by atoms with Gasteiger partial charge < -0.3 is 10.1 Å². The maximum atomic E-state index is 13.4. The molecule has 0 bridgehead atoms. The van der Waals surface area contributed by atoms with Crippen molar-refractivity contribution in [2.45, 2.75) is 32.1 Å². The number of nitrogens with one attached hydrogen (secondary N) is 1. The van der Waals surface area contributed by atoms with E-state index in [0.29, 0.717) is 40.4 Å². The number of rotatable bonds is 4. The second kappa shape index (κ2) is 8.89. The normalized spacial score (nSPS) is 20.5. The highest BCUT2D eigenvalue weighted by molar-refractivity contribution is 7.95. The Morgan fingerprint density at radius 2 is 1.81 bits per heavy atom. The quantitative estimate of drug-likeness (QED) is 0.667. The Morgan fingerprint density at radius 3 is 2.48 bits per heavy atom. The molecule has 0 saturated heterocycles. The van der Waals surface area contributed by atoms with Gasteiger partial charge in [-0.3, -0.25) is 0 Å². The lowest BCUT2D eigenvalue weighted by molar-refractivity contribution is -0.138. The van der Waals surface area contributed by atoms with Gasteiger partial charge in [-0.1, -0.05) is 54.1 Å². The highest BCUT2D eigenvalue weighted by Gasteiger charge is 2.42. The van der Waals surface area contributed by atoms with Crippen molar-refractivity contribution in [3.63, 3.8) is 0 Å². The van der Waals surface area contributed by atoms with Gasteiger partial charge in [0.15, 0.2) is 9.84 Å². The molecule has 0 aromatic heterocycles. The van der Waals surface area contributed by atoms with Gasteiger partial charge in [-0.25, -0.2) is 13.2 Å². The first-order chi connectivity index (χ1) is 14.9. The van der Waals surface area contributed by atoms with Crippen LogP contribution in [0.5, 0.6) is 0 Å². The maximum absolute atomic E-state index is 13.4. The number of ether oxygens (including phenoxy) is 1. The van der Waals surface area contributed by atoms with E-state index in [1.165, 1.54) is 0 Å². The van der Waals surface area contributed by atoms with E-state index in [1.807, 2.05) is 30.3 Å². The fourth-order valence-corrected chi connectivity index (χ4v) is 6.29. The minimum atomic E-state index is -3.57. The van der Waals surface area contributed by atoms with Crippen molar-refractivity contribution >= 4 is 33.1 Å². The number of carbonyl (C=O) groups is 1. The molecule has 1 N–H and O–H groups in total. The van der Waals surface area contributed by atoms with E-state index in [0.717, 1.165) is 12.0 Å². The first-order valence-corrected chi connectivity index (χ1v) is 12.4. The Bertz CT molecular complexity index is 1150. The molecule has 162 valence electrons. The molecule has 1 atom stereocenters. The zero-order valence-corrected chi connectivity index (χ0v) is 18.8. The zero-order chi connectivity index (χ0) is 22.0. The molecule has 2 aromatic rings. The zero-order valence-electron chi connectivity index (χ0n) is 17.2. The summed E-state index contributed by atoms with van der Waals surface area (Å²) in [6.07, 6.45) is 1.94. The molecule has 0 spiro atoms. The topological polar surface area (TPSA) is 72.5 Å². The molecule has 2 aliphatic heterocycles. The van der Waals surface area contributed by atoms with Crippen LogP contribution < -0.4 is 5.32 Å². The minimum Gasteiger partial charge on any atom is -0.463 e. The van der Waals surface area contributed by atoms with Crippen LogP contribution in [0.15, 0.2) is 70.8 Å². The molecular formula is C24H24ClNO4S. The number of carbonyl (C=O) groups excluding carboxylic acids is 1. The number of halogens is 1. The van der Waals surface area contributed by atoms with Crippen molar-refractivity contribution in [1.29, 1.82) is 0 Å². The van der Waals surface area contributed by atoms with E-state index >= 15 is 0 Å². The number of sulfone groups is 1. The first kappa shape index (κ1) is 21.7. The van der Waals surface area contributed by atoms with E-state index in [1.54, 1.807) is 31.2 Å². The Hall–Kier alpha value is -2.57. The van der Waals surface area contributed by atoms with Crippen molar-refractivity contribution in [2.24, 2.45) is 0 Å². The van der Waals surface area contributed by atoms with Gasteiger partial charge in [0.05, 0.1) is 34.5 Å². The largest absolute Gasteiger partial charge is 0.463 e. The Kier molecular flexibility index (Phi) is 6.21. The van der Waals surface area contributed by atoms with Crippen LogP contribution in [0.25, 0.3) is 5.70 Å². The van der Waals surface area contributed by atoms with Crippen LogP contribution >= 0.6 is 11.6 Å². The first-order valence-electron chi connectivity index (χ1n) is 10.4. The molecule has 2 heterocycles. The van der Waals surface area contributed by atoms with Crippen LogP contribution in [0, 0.1) is 0 Å². The summed E-state index contributed by atoms with van der Waals surface area (Å²) in [7, 11) is -3.57. The van der Waals surface area contributed by atoms with Crippen LogP contribution in [0.3, 0.4) is 0 Å². The summed E-state index contributed by atoms with van der Waals surface area (Å²) in [6, 6.07) is 16.5. The Morgan fingerprint density at radius 1 is 1.10 bits per heavy atom. The number of benzene rings is 2. The van der Waals surface area contributed by atoms with Crippen LogP contribution in [0.4, 0.5) is 0 Å². The van der Waals surface area contributed by atoms with Crippen LogP contribution in [-0.2, 0) is 19.4 Å². The summed E-state index contributed by atoms with van der Waals surface area (Å²) >= 11 is 6.10. The summed E-state index contributed by atoms with van der Waals surface area (Å²) in [5.74, 6) is -1.22. The van der Waals surface area contributed by atoms with Gasteiger partial charge in [0, 0.05) is 10.7 Å². The van der Waals surface area contributed by atoms with E-state index < -0.39 is 21.7 Å². The predicted octanol–water partition coefficient (Wildman–Crippen LogP) is 4.81. The third-order valence-corrected chi connectivity index (χ3v) is 7.81. The fraction of sp³-hybridized carbons (Fsp3) is 0.292. The van der Waals surface area contributed by atoms with Gasteiger partial charge in [-0.2, -0.15) is 0 Å². The molecule has 0 fully saturated rings. The van der Waals surface area contributed by atoms with Crippen molar-refractivity contribution < 1.29 is 17.9 Å². The van der Waals surface area contributed by atoms with Crippen molar-refractivity contribution in [1.82, 2.24) is 5.32 Å².